The minimum atomic E-state index is -0.838. The number of rotatable bonds is 3. The first-order valence-corrected chi connectivity index (χ1v) is 8.29. The van der Waals surface area contributed by atoms with Gasteiger partial charge in [0.15, 0.2) is 12.2 Å². The summed E-state index contributed by atoms with van der Waals surface area (Å²) >= 11 is 0. The number of esters is 2. The van der Waals surface area contributed by atoms with E-state index in [1.807, 2.05) is 20.8 Å². The van der Waals surface area contributed by atoms with E-state index in [4.69, 9.17) is 18.9 Å². The molecule has 0 amide bonds. The lowest BCUT2D eigenvalue weighted by molar-refractivity contribution is -0.414. The highest BCUT2D eigenvalue weighted by Crippen LogP contribution is 2.71. The lowest BCUT2D eigenvalue weighted by atomic mass is 9.47. The van der Waals surface area contributed by atoms with Gasteiger partial charge in [0, 0.05) is 0 Å². The predicted octanol–water partition coefficient (Wildman–Crippen LogP) is 0.959. The summed E-state index contributed by atoms with van der Waals surface area (Å²) in [7, 11) is 0. The topological polar surface area (TPSA) is 71.1 Å². The van der Waals surface area contributed by atoms with Crippen molar-refractivity contribution in [2.45, 2.75) is 75.1 Å². The van der Waals surface area contributed by atoms with Crippen molar-refractivity contribution in [3.05, 3.63) is 0 Å². The van der Waals surface area contributed by atoms with Crippen LogP contribution in [0.1, 0.15) is 40.0 Å². The zero-order valence-electron chi connectivity index (χ0n) is 13.0. The molecule has 0 aromatic heterocycles. The van der Waals surface area contributed by atoms with Crippen LogP contribution >= 0.6 is 0 Å². The van der Waals surface area contributed by atoms with Crippen LogP contribution in [0.5, 0.6) is 0 Å². The highest BCUT2D eigenvalue weighted by Gasteiger charge is 2.89. The molecule has 6 heteroatoms. The molecule has 0 radical (unpaired) electrons. The first kappa shape index (κ1) is 13.3. The maximum absolute atomic E-state index is 12.7. The smallest absolute Gasteiger partial charge is 0.315 e. The number of fused-ring (bicyclic) bond motifs is 2. The third-order valence-electron chi connectivity index (χ3n) is 6.87. The molecule has 22 heavy (non-hydrogen) atoms. The molecule has 6 fully saturated rings. The van der Waals surface area contributed by atoms with E-state index in [2.05, 4.69) is 0 Å². The van der Waals surface area contributed by atoms with Crippen molar-refractivity contribution in [1.29, 1.82) is 0 Å². The molecule has 2 saturated carbocycles. The molecule has 120 valence electrons. The Kier molecular flexibility index (Phi) is 2.12. The van der Waals surface area contributed by atoms with Crippen LogP contribution in [0.3, 0.4) is 0 Å². The van der Waals surface area contributed by atoms with E-state index in [0.717, 1.165) is 0 Å². The Morgan fingerprint density at radius 2 is 1.32 bits per heavy atom. The van der Waals surface area contributed by atoms with E-state index < -0.39 is 47.0 Å². The second kappa shape index (κ2) is 3.51. The molecule has 0 aromatic carbocycles. The Morgan fingerprint density at radius 1 is 0.818 bits per heavy atom. The zero-order chi connectivity index (χ0) is 15.5. The van der Waals surface area contributed by atoms with Gasteiger partial charge in [0.25, 0.3) is 0 Å². The number of hydrogen-bond donors (Lipinski definition) is 0. The van der Waals surface area contributed by atoms with E-state index in [0.29, 0.717) is 19.3 Å². The standard InChI is InChI=1S/C16H20O6/c1-4-14-8-12(17)19-10-7(21-14)11-16(10,6-3)22-15(8,5-2)9(14)13(18)20-11/h7-11H,4-6H2,1-3H3. The SMILES string of the molecule is CCC12OC3(CC)C4C(=O)OC1C1OC4(CC)C3C(=O)OC12. The Labute approximate surface area is 128 Å². The van der Waals surface area contributed by atoms with Gasteiger partial charge in [0.05, 0.1) is 0 Å². The van der Waals surface area contributed by atoms with Gasteiger partial charge in [-0.25, -0.2) is 0 Å². The molecule has 4 heterocycles. The van der Waals surface area contributed by atoms with Crippen LogP contribution in [-0.4, -0.2) is 47.1 Å². The van der Waals surface area contributed by atoms with Crippen LogP contribution in [0.25, 0.3) is 0 Å². The highest BCUT2D eigenvalue weighted by molar-refractivity contribution is 5.88. The Hall–Kier alpha value is -1.14. The van der Waals surface area contributed by atoms with Crippen LogP contribution in [-0.2, 0) is 28.5 Å². The van der Waals surface area contributed by atoms with Gasteiger partial charge in [0.1, 0.15) is 34.7 Å². The van der Waals surface area contributed by atoms with Crippen LogP contribution in [0, 0.1) is 11.8 Å². The van der Waals surface area contributed by atoms with Crippen LogP contribution in [0.4, 0.5) is 0 Å². The molecule has 0 N–H and O–H groups in total. The average molecular weight is 308 g/mol. The van der Waals surface area contributed by atoms with E-state index in [-0.39, 0.29) is 11.9 Å². The van der Waals surface area contributed by atoms with E-state index in [1.54, 1.807) is 0 Å². The minimum Gasteiger partial charge on any atom is -0.456 e. The fraction of sp³-hybridized carbons (Fsp3) is 0.875. The summed E-state index contributed by atoms with van der Waals surface area (Å²) in [6, 6.07) is 0. The molecule has 6 aliphatic rings. The third-order valence-corrected chi connectivity index (χ3v) is 6.87. The van der Waals surface area contributed by atoms with Gasteiger partial charge in [-0.3, -0.25) is 9.59 Å². The van der Waals surface area contributed by atoms with Gasteiger partial charge >= 0.3 is 11.9 Å². The van der Waals surface area contributed by atoms with Crippen molar-refractivity contribution in [3.8, 4) is 0 Å². The first-order chi connectivity index (χ1) is 10.5. The second-order valence-electron chi connectivity index (χ2n) is 7.19. The maximum Gasteiger partial charge on any atom is 0.315 e. The van der Waals surface area contributed by atoms with Crippen molar-refractivity contribution in [3.63, 3.8) is 0 Å². The van der Waals surface area contributed by atoms with E-state index in [9.17, 15) is 9.59 Å². The van der Waals surface area contributed by atoms with Crippen molar-refractivity contribution in [1.82, 2.24) is 0 Å². The van der Waals surface area contributed by atoms with Gasteiger partial charge in [-0.15, -0.1) is 0 Å². The summed E-state index contributed by atoms with van der Waals surface area (Å²) < 4.78 is 24.4. The molecular formula is C16H20O6. The predicted molar refractivity (Wildman–Crippen MR) is 71.8 cm³/mol. The fourth-order valence-corrected chi connectivity index (χ4v) is 5.89. The van der Waals surface area contributed by atoms with Crippen LogP contribution in [0.15, 0.2) is 0 Å². The van der Waals surface area contributed by atoms with Gasteiger partial charge in [-0.2, -0.15) is 0 Å². The third kappa shape index (κ3) is 0.967. The molecular weight excluding hydrogens is 288 g/mol. The number of ether oxygens (including phenoxy) is 4. The quantitative estimate of drug-likeness (QED) is 0.723. The van der Waals surface area contributed by atoms with E-state index >= 15 is 0 Å². The molecule has 4 aliphatic heterocycles. The van der Waals surface area contributed by atoms with Gasteiger partial charge in [-0.05, 0) is 19.3 Å². The number of carbonyl (C=O) groups excluding carboxylic acids is 2. The summed E-state index contributed by atoms with van der Waals surface area (Å²) in [5, 5.41) is 0. The largest absolute Gasteiger partial charge is 0.456 e. The average Bonchev–Trinajstić information content (AvgIpc) is 2.73. The Bertz CT molecular complexity index is 563. The molecule has 2 aliphatic carbocycles. The van der Waals surface area contributed by atoms with Crippen molar-refractivity contribution >= 4 is 11.9 Å². The van der Waals surface area contributed by atoms with Gasteiger partial charge in [-0.1, -0.05) is 20.8 Å². The molecule has 4 saturated heterocycles. The zero-order valence-corrected chi connectivity index (χ0v) is 13.0. The summed E-state index contributed by atoms with van der Waals surface area (Å²) in [6.07, 6.45) is 0.453. The van der Waals surface area contributed by atoms with Gasteiger partial charge in [0.2, 0.25) is 0 Å². The van der Waals surface area contributed by atoms with Gasteiger partial charge < -0.3 is 18.9 Å². The normalized spacial score (nSPS) is 59.9. The summed E-state index contributed by atoms with van der Waals surface area (Å²) in [6.45, 7) is 5.89. The number of hydrogen-bond acceptors (Lipinski definition) is 6. The monoisotopic (exact) mass is 308 g/mol. The first-order valence-electron chi connectivity index (χ1n) is 8.29. The summed E-state index contributed by atoms with van der Waals surface area (Å²) in [5.41, 5.74) is -2.40. The van der Waals surface area contributed by atoms with Crippen LogP contribution in [0.2, 0.25) is 0 Å². The molecule has 6 nitrogen and oxygen atoms in total. The molecule has 0 aromatic rings. The van der Waals surface area contributed by atoms with Crippen molar-refractivity contribution < 1.29 is 28.5 Å². The minimum absolute atomic E-state index is 0.268. The van der Waals surface area contributed by atoms with Crippen molar-refractivity contribution in [2.24, 2.45) is 11.8 Å². The number of carbonyl (C=O) groups is 2. The molecule has 8 bridgehead atoms. The molecule has 4 unspecified atom stereocenters. The fourth-order valence-electron chi connectivity index (χ4n) is 5.89. The molecule has 4 atom stereocenters. The lowest BCUT2D eigenvalue weighted by Crippen LogP contribution is -2.84. The van der Waals surface area contributed by atoms with Crippen molar-refractivity contribution in [2.75, 3.05) is 0 Å². The maximum atomic E-state index is 12.7. The second-order valence-corrected chi connectivity index (χ2v) is 7.19. The molecule has 0 spiro atoms. The van der Waals surface area contributed by atoms with E-state index in [1.165, 1.54) is 0 Å². The Morgan fingerprint density at radius 3 is 1.77 bits per heavy atom. The molecule has 6 rings (SSSR count). The summed E-state index contributed by atoms with van der Waals surface area (Å²) in [5.74, 6) is -1.60. The van der Waals surface area contributed by atoms with Crippen LogP contribution < -0.4 is 0 Å². The highest BCUT2D eigenvalue weighted by atomic mass is 16.7. The lowest BCUT2D eigenvalue weighted by Gasteiger charge is -2.68. The Balaban J connectivity index is 1.80. The summed E-state index contributed by atoms with van der Waals surface area (Å²) in [4.78, 5) is 25.5.